The first-order valence-corrected chi connectivity index (χ1v) is 11.6. The van der Waals surface area contributed by atoms with Crippen molar-refractivity contribution in [3.05, 3.63) is 20.3 Å². The van der Waals surface area contributed by atoms with Gasteiger partial charge >= 0.3 is 6.09 Å². The number of nitrogens with one attached hydrogen (secondary N) is 2. The highest BCUT2D eigenvalue weighted by Crippen LogP contribution is 2.43. The average molecular weight is 480 g/mol. The Morgan fingerprint density at radius 3 is 2.75 bits per heavy atom. The fourth-order valence-electron chi connectivity index (χ4n) is 3.29. The fraction of sp³-hybridized carbons (Fsp3) is 0.429. The first-order valence-electron chi connectivity index (χ1n) is 9.98. The van der Waals surface area contributed by atoms with Crippen LogP contribution in [0.2, 0.25) is 0 Å². The van der Waals surface area contributed by atoms with Crippen molar-refractivity contribution in [2.45, 2.75) is 46.3 Å². The lowest BCUT2D eigenvalue weighted by Gasteiger charge is -2.30. The Balaban J connectivity index is 0.00000141. The summed E-state index contributed by atoms with van der Waals surface area (Å²) in [5, 5.41) is 16.3. The molecular formula is C21H27N4O5S2+. The maximum Gasteiger partial charge on any atom is 0.410 e. The van der Waals surface area contributed by atoms with E-state index in [1.165, 1.54) is 18.3 Å². The summed E-state index contributed by atoms with van der Waals surface area (Å²) in [6.07, 6.45) is 5.41. The summed E-state index contributed by atoms with van der Waals surface area (Å²) in [4.78, 5) is 35.6. The van der Waals surface area contributed by atoms with Gasteiger partial charge in [-0.15, -0.1) is 11.3 Å². The number of anilines is 1. The Morgan fingerprint density at radius 2 is 2.06 bits per heavy atom. The number of hydrogen-bond donors (Lipinski definition) is 2. The lowest BCUT2D eigenvalue weighted by molar-refractivity contribution is -0.377. The van der Waals surface area contributed by atoms with Crippen molar-refractivity contribution in [3.8, 4) is 10.6 Å². The van der Waals surface area contributed by atoms with E-state index in [1.807, 2.05) is 26.8 Å². The zero-order valence-electron chi connectivity index (χ0n) is 18.6. The van der Waals surface area contributed by atoms with E-state index in [0.29, 0.717) is 19.5 Å². The molecule has 2 aliphatic heterocycles. The van der Waals surface area contributed by atoms with E-state index in [1.54, 1.807) is 28.7 Å². The molecule has 3 N–H and O–H groups in total. The monoisotopic (exact) mass is 479 g/mol. The number of aromatic nitrogens is 1. The first-order chi connectivity index (χ1) is 15.2. The summed E-state index contributed by atoms with van der Waals surface area (Å²) >= 11 is 3.07. The number of H-pyrrole nitrogens is 1. The van der Waals surface area contributed by atoms with Crippen LogP contribution in [0.5, 0.6) is 0 Å². The van der Waals surface area contributed by atoms with Gasteiger partial charge in [0, 0.05) is 25.5 Å². The van der Waals surface area contributed by atoms with Crippen molar-refractivity contribution in [2.24, 2.45) is 5.16 Å². The Hall–Kier alpha value is -2.76. The molecule has 11 heteroatoms. The van der Waals surface area contributed by atoms with Crippen LogP contribution in [0.4, 0.5) is 9.80 Å². The molecule has 4 heterocycles. The number of amides is 2. The Bertz CT molecular complexity index is 1160. The second-order valence-corrected chi connectivity index (χ2v) is 10.2. The normalized spacial score (nSPS) is 14.4. The van der Waals surface area contributed by atoms with Gasteiger partial charge in [0.1, 0.15) is 15.1 Å². The van der Waals surface area contributed by atoms with E-state index in [0.717, 1.165) is 43.0 Å². The van der Waals surface area contributed by atoms with Crippen LogP contribution in [0.15, 0.2) is 5.16 Å². The van der Waals surface area contributed by atoms with Gasteiger partial charge in [-0.25, -0.2) is 4.79 Å². The van der Waals surface area contributed by atoms with Gasteiger partial charge in [-0.3, -0.25) is 4.79 Å². The number of carbonyl (C=O) groups excluding carboxylic acids is 2. The van der Waals surface area contributed by atoms with E-state index >= 15 is 0 Å². The summed E-state index contributed by atoms with van der Waals surface area (Å²) in [5.74, 6) is -0.134. The van der Waals surface area contributed by atoms with Crippen molar-refractivity contribution < 1.29 is 29.3 Å². The quantitative estimate of drug-likeness (QED) is 0.680. The number of carbonyl (C=O) groups is 2. The third-order valence-corrected chi connectivity index (χ3v) is 6.69. The molecule has 2 aromatic rings. The van der Waals surface area contributed by atoms with Gasteiger partial charge in [0.05, 0.1) is 18.3 Å². The fourth-order valence-corrected chi connectivity index (χ4v) is 5.72. The number of rotatable bonds is 2. The number of ether oxygens (including phenoxy) is 1. The van der Waals surface area contributed by atoms with E-state index < -0.39 is 5.60 Å². The number of oxime groups is 1. The molecular weight excluding hydrogens is 452 g/mol. The summed E-state index contributed by atoms with van der Waals surface area (Å²) in [5.41, 5.74) is 1.58. The lowest BCUT2D eigenvalue weighted by Crippen LogP contribution is -2.39. The number of hydrogen-bond acceptors (Lipinski definition) is 8. The number of aliphatic hydroxyl groups is 1. The number of thiophene rings is 1. The molecule has 2 amide bonds. The third kappa shape index (κ3) is 5.34. The van der Waals surface area contributed by atoms with Gasteiger partial charge in [0.25, 0.3) is 10.4 Å². The molecule has 0 saturated carbocycles. The molecule has 4 rings (SSSR count). The number of aromatic amines is 1. The Morgan fingerprint density at radius 1 is 1.31 bits per heavy atom. The minimum absolute atomic E-state index is 0.134. The van der Waals surface area contributed by atoms with E-state index in [4.69, 9.17) is 14.7 Å². The molecule has 32 heavy (non-hydrogen) atoms. The molecule has 172 valence electrons. The van der Waals surface area contributed by atoms with Crippen LogP contribution in [0.1, 0.15) is 38.1 Å². The number of nitrogens with zero attached hydrogens (tertiary/aromatic N) is 2. The summed E-state index contributed by atoms with van der Waals surface area (Å²) in [7, 11) is 1.00. The molecule has 0 unspecified atom stereocenters. The van der Waals surface area contributed by atoms with Gasteiger partial charge < -0.3 is 24.9 Å². The zero-order chi connectivity index (χ0) is 23.5. The minimum atomic E-state index is -0.540. The maximum absolute atomic E-state index is 12.5. The minimum Gasteiger partial charge on any atom is -0.444 e. The van der Waals surface area contributed by atoms with Crippen LogP contribution in [0.3, 0.4) is 0 Å². The van der Waals surface area contributed by atoms with Crippen LogP contribution in [0, 0.1) is 0 Å². The Labute approximate surface area is 193 Å². The average Bonchev–Trinajstić information content (AvgIpc) is 3.20. The number of aliphatic hydroxyl groups excluding tert-OH is 1. The van der Waals surface area contributed by atoms with Crippen LogP contribution >= 0.6 is 22.7 Å². The van der Waals surface area contributed by atoms with Gasteiger partial charge in [-0.2, -0.15) is 4.98 Å². The Kier molecular flexibility index (Phi) is 7.32. The number of thiazole rings is 1. The highest BCUT2D eigenvalue weighted by atomic mass is 32.1. The first kappa shape index (κ1) is 23.9. The van der Waals surface area contributed by atoms with Gasteiger partial charge in [-0.05, 0) is 38.8 Å². The van der Waals surface area contributed by atoms with Crippen molar-refractivity contribution in [1.82, 2.24) is 4.90 Å². The van der Waals surface area contributed by atoms with Crippen LogP contribution in [-0.2, 0) is 27.3 Å². The molecule has 0 fully saturated rings. The molecule has 9 nitrogen and oxygen atoms in total. The van der Waals surface area contributed by atoms with E-state index in [-0.39, 0.29) is 12.0 Å². The SMILES string of the molecule is CC(=O)Nc1sc2c(c1-c1[nH+]c3c(s1)=CC=NOC=3)CCN(C(=O)OC(C)(C)C)C2.CO. The lowest BCUT2D eigenvalue weighted by atomic mass is 10.0. The predicted molar refractivity (Wildman–Crippen MR) is 125 cm³/mol. The second kappa shape index (κ2) is 9.80. The predicted octanol–water partition coefficient (Wildman–Crippen LogP) is 1.69. The van der Waals surface area contributed by atoms with Gasteiger partial charge in [0.15, 0.2) is 6.26 Å². The molecule has 0 spiro atoms. The van der Waals surface area contributed by atoms with Crippen molar-refractivity contribution in [1.29, 1.82) is 0 Å². The molecule has 0 saturated heterocycles. The third-order valence-electron chi connectivity index (χ3n) is 4.47. The topological polar surface area (TPSA) is 115 Å². The van der Waals surface area contributed by atoms with Crippen molar-refractivity contribution in [3.63, 3.8) is 0 Å². The van der Waals surface area contributed by atoms with E-state index in [9.17, 15) is 9.59 Å². The molecule has 2 aromatic heterocycles. The zero-order valence-corrected chi connectivity index (χ0v) is 20.3. The van der Waals surface area contributed by atoms with Crippen LogP contribution in [-0.4, -0.2) is 47.5 Å². The van der Waals surface area contributed by atoms with E-state index in [2.05, 4.69) is 15.5 Å². The van der Waals surface area contributed by atoms with Gasteiger partial charge in [-0.1, -0.05) is 16.5 Å². The molecule has 0 aliphatic carbocycles. The van der Waals surface area contributed by atoms with Crippen LogP contribution < -0.4 is 20.2 Å². The van der Waals surface area contributed by atoms with Crippen LogP contribution in [0.25, 0.3) is 22.9 Å². The standard InChI is InChI=1S/C20H22N4O4S2.CH4O/c1-11(25)22-17-16(18-23-13-10-27-21-7-5-14(13)29-18)12-6-8-24(9-15(12)30-17)19(26)28-20(2,3)4;1-2/h5,7,10H,6,8-9H2,1-4H3,(H,22,25);2H,1H3/p+1. The summed E-state index contributed by atoms with van der Waals surface area (Å²) in [6, 6.07) is 0. The molecule has 0 aromatic carbocycles. The van der Waals surface area contributed by atoms with Crippen molar-refractivity contribution >= 4 is 58.2 Å². The molecule has 2 aliphatic rings. The molecule has 0 radical (unpaired) electrons. The number of fused-ring (bicyclic) bond motifs is 2. The maximum atomic E-state index is 12.5. The van der Waals surface area contributed by atoms with Crippen molar-refractivity contribution in [2.75, 3.05) is 19.0 Å². The smallest absolute Gasteiger partial charge is 0.410 e. The highest BCUT2D eigenvalue weighted by Gasteiger charge is 2.32. The molecule has 0 bridgehead atoms. The second-order valence-electron chi connectivity index (χ2n) is 8.02. The largest absolute Gasteiger partial charge is 0.444 e. The van der Waals surface area contributed by atoms with Gasteiger partial charge in [0.2, 0.25) is 5.91 Å². The summed E-state index contributed by atoms with van der Waals surface area (Å²) in [6.45, 7) is 8.09. The summed E-state index contributed by atoms with van der Waals surface area (Å²) < 4.78 is 6.52. The molecule has 0 atom stereocenters. The highest BCUT2D eigenvalue weighted by molar-refractivity contribution is 7.18.